The van der Waals surface area contributed by atoms with Crippen LogP contribution < -0.4 is 10.1 Å². The molecular weight excluding hydrogens is 226 g/mol. The molecule has 0 spiro atoms. The third-order valence-electron chi connectivity index (χ3n) is 2.56. The van der Waals surface area contributed by atoms with Gasteiger partial charge in [-0.2, -0.15) is 5.26 Å². The first kappa shape index (κ1) is 11.9. The molecule has 0 unspecified atom stereocenters. The molecule has 18 heavy (non-hydrogen) atoms. The fourth-order valence-electron chi connectivity index (χ4n) is 1.61. The van der Waals surface area contributed by atoms with Gasteiger partial charge in [0.15, 0.2) is 0 Å². The van der Waals surface area contributed by atoms with E-state index in [4.69, 9.17) is 10.00 Å². The summed E-state index contributed by atoms with van der Waals surface area (Å²) < 4.78 is 5.16. The van der Waals surface area contributed by atoms with Gasteiger partial charge in [0.05, 0.1) is 24.6 Å². The summed E-state index contributed by atoms with van der Waals surface area (Å²) in [5.41, 5.74) is 2.41. The van der Waals surface area contributed by atoms with Gasteiger partial charge in [0.2, 0.25) is 0 Å². The number of benzene rings is 1. The van der Waals surface area contributed by atoms with Crippen molar-refractivity contribution < 1.29 is 4.74 Å². The predicted molar refractivity (Wildman–Crippen MR) is 69.3 cm³/mol. The normalized spacial score (nSPS) is 9.56. The number of aromatic nitrogens is 1. The van der Waals surface area contributed by atoms with E-state index in [1.807, 2.05) is 24.3 Å². The summed E-state index contributed by atoms with van der Waals surface area (Å²) in [4.78, 5) is 4.00. The van der Waals surface area contributed by atoms with E-state index in [2.05, 4.69) is 16.4 Å². The Kier molecular flexibility index (Phi) is 3.77. The Balaban J connectivity index is 2.09. The monoisotopic (exact) mass is 239 g/mol. The maximum Gasteiger partial charge on any atom is 0.119 e. The number of nitriles is 1. The number of methoxy groups -OCH3 is 1. The number of rotatable bonds is 4. The number of anilines is 1. The van der Waals surface area contributed by atoms with Gasteiger partial charge in [0.25, 0.3) is 0 Å². The quantitative estimate of drug-likeness (QED) is 0.890. The fraction of sp³-hybridized carbons (Fsp3) is 0.143. The molecule has 0 radical (unpaired) electrons. The maximum absolute atomic E-state index is 8.96. The van der Waals surface area contributed by atoms with Gasteiger partial charge >= 0.3 is 0 Å². The molecule has 1 N–H and O–H groups in total. The average molecular weight is 239 g/mol. The summed E-state index contributed by atoms with van der Waals surface area (Å²) >= 11 is 0. The van der Waals surface area contributed by atoms with Crippen LogP contribution in [0.2, 0.25) is 0 Å². The van der Waals surface area contributed by atoms with Crippen LogP contribution >= 0.6 is 0 Å². The lowest BCUT2D eigenvalue weighted by atomic mass is 10.2. The summed E-state index contributed by atoms with van der Waals surface area (Å²) in [5, 5.41) is 12.2. The van der Waals surface area contributed by atoms with E-state index in [9.17, 15) is 0 Å². The van der Waals surface area contributed by atoms with Crippen LogP contribution in [0.25, 0.3) is 0 Å². The highest BCUT2D eigenvalue weighted by molar-refractivity contribution is 5.55. The van der Waals surface area contributed by atoms with E-state index in [0.29, 0.717) is 12.1 Å². The lowest BCUT2D eigenvalue weighted by molar-refractivity contribution is 0.414. The minimum absolute atomic E-state index is 0.591. The highest BCUT2D eigenvalue weighted by Crippen LogP contribution is 2.16. The lowest BCUT2D eigenvalue weighted by Gasteiger charge is -2.08. The highest BCUT2D eigenvalue weighted by atomic mass is 16.5. The van der Waals surface area contributed by atoms with Gasteiger partial charge in [-0.25, -0.2) is 0 Å². The molecule has 90 valence electrons. The molecule has 1 aromatic heterocycles. The molecule has 0 atom stereocenters. The highest BCUT2D eigenvalue weighted by Gasteiger charge is 2.01. The van der Waals surface area contributed by atoms with Gasteiger partial charge in [0.1, 0.15) is 11.8 Å². The second-order valence-electron chi connectivity index (χ2n) is 3.74. The zero-order chi connectivity index (χ0) is 12.8. The van der Waals surface area contributed by atoms with Crippen LogP contribution in [0.15, 0.2) is 42.7 Å². The van der Waals surface area contributed by atoms with Crippen LogP contribution in [-0.2, 0) is 6.54 Å². The molecule has 0 aliphatic heterocycles. The molecule has 4 heteroatoms. The maximum atomic E-state index is 8.96. The van der Waals surface area contributed by atoms with Crippen LogP contribution in [0, 0.1) is 11.3 Å². The number of ether oxygens (including phenoxy) is 1. The van der Waals surface area contributed by atoms with Crippen LogP contribution in [0.1, 0.15) is 11.1 Å². The number of nitrogens with zero attached hydrogens (tertiary/aromatic N) is 2. The van der Waals surface area contributed by atoms with E-state index in [1.165, 1.54) is 0 Å². The molecule has 0 bridgehead atoms. The molecule has 0 saturated heterocycles. The van der Waals surface area contributed by atoms with E-state index in [1.54, 1.807) is 25.6 Å². The SMILES string of the molecule is COc1cccc(CNc2cnccc2C#N)c1. The average Bonchev–Trinajstić information content (AvgIpc) is 2.45. The van der Waals surface area contributed by atoms with E-state index in [0.717, 1.165) is 17.0 Å². The molecule has 0 aliphatic rings. The standard InChI is InChI=1S/C14H13N3O/c1-18-13-4-2-3-11(7-13)9-17-14-10-16-6-5-12(14)8-15/h2-7,10,17H,9H2,1H3. The van der Waals surface area contributed by atoms with Crippen molar-refractivity contribution in [3.8, 4) is 11.8 Å². The van der Waals surface area contributed by atoms with Crippen molar-refractivity contribution in [2.75, 3.05) is 12.4 Å². The van der Waals surface area contributed by atoms with Crippen LogP contribution in [-0.4, -0.2) is 12.1 Å². The first-order chi connectivity index (χ1) is 8.83. The van der Waals surface area contributed by atoms with Gasteiger partial charge in [0, 0.05) is 12.7 Å². The van der Waals surface area contributed by atoms with Crippen LogP contribution in [0.4, 0.5) is 5.69 Å². The van der Waals surface area contributed by atoms with Gasteiger partial charge in [-0.05, 0) is 23.8 Å². The molecule has 0 amide bonds. The first-order valence-corrected chi connectivity index (χ1v) is 5.54. The van der Waals surface area contributed by atoms with Crippen molar-refractivity contribution >= 4 is 5.69 Å². The lowest BCUT2D eigenvalue weighted by Crippen LogP contribution is -2.01. The van der Waals surface area contributed by atoms with Crippen molar-refractivity contribution in [3.05, 3.63) is 53.9 Å². The van der Waals surface area contributed by atoms with Crippen LogP contribution in [0.3, 0.4) is 0 Å². The predicted octanol–water partition coefficient (Wildman–Crippen LogP) is 2.57. The third-order valence-corrected chi connectivity index (χ3v) is 2.56. The molecule has 0 fully saturated rings. The van der Waals surface area contributed by atoms with Crippen molar-refractivity contribution in [3.63, 3.8) is 0 Å². The summed E-state index contributed by atoms with van der Waals surface area (Å²) in [6.45, 7) is 0.623. The van der Waals surface area contributed by atoms with Crippen molar-refractivity contribution in [1.82, 2.24) is 4.98 Å². The Morgan fingerprint density at radius 1 is 1.39 bits per heavy atom. The molecule has 4 nitrogen and oxygen atoms in total. The second-order valence-corrected chi connectivity index (χ2v) is 3.74. The third kappa shape index (κ3) is 2.77. The van der Waals surface area contributed by atoms with Crippen molar-refractivity contribution in [1.29, 1.82) is 5.26 Å². The van der Waals surface area contributed by atoms with Crippen molar-refractivity contribution in [2.24, 2.45) is 0 Å². The van der Waals surface area contributed by atoms with Crippen molar-refractivity contribution in [2.45, 2.75) is 6.54 Å². The van der Waals surface area contributed by atoms with Gasteiger partial charge in [-0.15, -0.1) is 0 Å². The summed E-state index contributed by atoms with van der Waals surface area (Å²) in [6.07, 6.45) is 3.26. The first-order valence-electron chi connectivity index (χ1n) is 5.54. The molecule has 2 rings (SSSR count). The van der Waals surface area contributed by atoms with Gasteiger partial charge in [-0.1, -0.05) is 12.1 Å². The number of hydrogen-bond acceptors (Lipinski definition) is 4. The number of nitrogens with one attached hydrogen (secondary N) is 1. The van der Waals surface area contributed by atoms with E-state index in [-0.39, 0.29) is 0 Å². The molecule has 2 aromatic rings. The topological polar surface area (TPSA) is 57.9 Å². The Morgan fingerprint density at radius 2 is 2.28 bits per heavy atom. The largest absolute Gasteiger partial charge is 0.497 e. The Hall–Kier alpha value is -2.54. The van der Waals surface area contributed by atoms with E-state index >= 15 is 0 Å². The summed E-state index contributed by atoms with van der Waals surface area (Å²) in [6, 6.07) is 11.6. The Morgan fingerprint density at radius 3 is 3.06 bits per heavy atom. The summed E-state index contributed by atoms with van der Waals surface area (Å²) in [5.74, 6) is 0.820. The smallest absolute Gasteiger partial charge is 0.119 e. The Bertz CT molecular complexity index is 575. The molecule has 1 heterocycles. The summed E-state index contributed by atoms with van der Waals surface area (Å²) in [7, 11) is 1.64. The fourth-order valence-corrected chi connectivity index (χ4v) is 1.61. The second kappa shape index (κ2) is 5.69. The number of hydrogen-bond donors (Lipinski definition) is 1. The van der Waals surface area contributed by atoms with Gasteiger partial charge < -0.3 is 10.1 Å². The molecule has 0 saturated carbocycles. The van der Waals surface area contributed by atoms with E-state index < -0.39 is 0 Å². The Labute approximate surface area is 106 Å². The minimum Gasteiger partial charge on any atom is -0.497 e. The number of pyridine rings is 1. The van der Waals surface area contributed by atoms with Gasteiger partial charge in [-0.3, -0.25) is 4.98 Å². The zero-order valence-electron chi connectivity index (χ0n) is 10.1. The minimum atomic E-state index is 0.591. The van der Waals surface area contributed by atoms with Crippen LogP contribution in [0.5, 0.6) is 5.75 Å². The molecular formula is C14H13N3O. The molecule has 1 aromatic carbocycles. The zero-order valence-corrected chi connectivity index (χ0v) is 10.1. The molecule has 0 aliphatic carbocycles.